The molecular weight excluding hydrogens is 364 g/mol. The zero-order valence-corrected chi connectivity index (χ0v) is 17.7. The highest BCUT2D eigenvalue weighted by Crippen LogP contribution is 2.28. The first-order valence-corrected chi connectivity index (χ1v) is 10.7. The molecule has 1 N–H and O–H groups in total. The van der Waals surface area contributed by atoms with Gasteiger partial charge in [-0.3, -0.25) is 10.1 Å². The van der Waals surface area contributed by atoms with E-state index in [2.05, 4.69) is 41.0 Å². The fourth-order valence-electron chi connectivity index (χ4n) is 3.28. The number of nitrogens with one attached hydrogen (secondary N) is 1. The third-order valence-corrected chi connectivity index (χ3v) is 5.98. The SMILES string of the molecule is COC(=O)CCc1nnc(NC(=O)N(CCC(C)C)[C@H]2CC[C@H](C)CC2)s1. The number of rotatable bonds is 8. The van der Waals surface area contributed by atoms with Crippen molar-refractivity contribution >= 4 is 28.5 Å². The Morgan fingerprint density at radius 3 is 2.59 bits per heavy atom. The van der Waals surface area contributed by atoms with E-state index in [9.17, 15) is 9.59 Å². The van der Waals surface area contributed by atoms with Gasteiger partial charge in [0.15, 0.2) is 0 Å². The standard InChI is InChI=1S/C19H32N4O3S/c1-13(2)11-12-23(15-7-5-14(3)6-8-15)19(25)20-18-22-21-16(27-18)9-10-17(24)26-4/h13-15H,5-12H2,1-4H3,(H,20,22,25)/t14-,15-. The third-order valence-electron chi connectivity index (χ3n) is 5.09. The molecule has 2 amide bonds. The second-order valence-corrected chi connectivity index (χ2v) is 8.86. The molecule has 0 aliphatic heterocycles. The normalized spacial score (nSPS) is 19.7. The zero-order valence-electron chi connectivity index (χ0n) is 16.9. The van der Waals surface area contributed by atoms with Crippen molar-refractivity contribution in [3.63, 3.8) is 0 Å². The second kappa shape index (κ2) is 10.6. The monoisotopic (exact) mass is 396 g/mol. The van der Waals surface area contributed by atoms with Gasteiger partial charge in [0.2, 0.25) is 5.13 Å². The molecule has 8 heteroatoms. The number of carbonyl (C=O) groups excluding carboxylic acids is 2. The van der Waals surface area contributed by atoms with Gasteiger partial charge in [-0.25, -0.2) is 4.79 Å². The molecule has 1 aromatic heterocycles. The van der Waals surface area contributed by atoms with Crippen LogP contribution in [0.3, 0.4) is 0 Å². The van der Waals surface area contributed by atoms with E-state index in [0.717, 1.165) is 36.7 Å². The number of nitrogens with zero attached hydrogens (tertiary/aromatic N) is 3. The molecule has 1 aliphatic rings. The molecule has 1 fully saturated rings. The lowest BCUT2D eigenvalue weighted by molar-refractivity contribution is -0.140. The van der Waals surface area contributed by atoms with Gasteiger partial charge in [-0.2, -0.15) is 0 Å². The number of esters is 1. The van der Waals surface area contributed by atoms with Crippen molar-refractivity contribution in [1.29, 1.82) is 0 Å². The van der Waals surface area contributed by atoms with Crippen LogP contribution in [0.4, 0.5) is 9.93 Å². The fraction of sp³-hybridized carbons (Fsp3) is 0.789. The van der Waals surface area contributed by atoms with Crippen LogP contribution in [-0.2, 0) is 16.0 Å². The molecule has 0 bridgehead atoms. The lowest BCUT2D eigenvalue weighted by atomic mass is 9.86. The van der Waals surface area contributed by atoms with Gasteiger partial charge in [-0.05, 0) is 43.9 Å². The van der Waals surface area contributed by atoms with E-state index in [1.54, 1.807) is 0 Å². The van der Waals surface area contributed by atoms with E-state index in [-0.39, 0.29) is 18.4 Å². The Balaban J connectivity index is 1.96. The fourth-order valence-corrected chi connectivity index (χ4v) is 4.01. The van der Waals surface area contributed by atoms with Crippen LogP contribution in [0.15, 0.2) is 0 Å². The largest absolute Gasteiger partial charge is 0.469 e. The van der Waals surface area contributed by atoms with Gasteiger partial charge in [0.05, 0.1) is 13.5 Å². The lowest BCUT2D eigenvalue weighted by Crippen LogP contribution is -2.45. The molecule has 0 unspecified atom stereocenters. The first kappa shape index (κ1) is 21.6. The minimum Gasteiger partial charge on any atom is -0.469 e. The molecule has 1 aromatic rings. The van der Waals surface area contributed by atoms with E-state index >= 15 is 0 Å². The number of methoxy groups -OCH3 is 1. The molecule has 7 nitrogen and oxygen atoms in total. The number of aromatic nitrogens is 2. The van der Waals surface area contributed by atoms with Crippen molar-refractivity contribution < 1.29 is 14.3 Å². The summed E-state index contributed by atoms with van der Waals surface area (Å²) in [7, 11) is 1.37. The molecular formula is C19H32N4O3S. The Morgan fingerprint density at radius 1 is 1.26 bits per heavy atom. The molecule has 2 rings (SSSR count). The number of hydrogen-bond acceptors (Lipinski definition) is 6. The van der Waals surface area contributed by atoms with E-state index in [1.165, 1.54) is 31.3 Å². The summed E-state index contributed by atoms with van der Waals surface area (Å²) in [4.78, 5) is 26.1. The number of aryl methyl sites for hydroxylation is 1. The van der Waals surface area contributed by atoms with Crippen LogP contribution in [0, 0.1) is 11.8 Å². The van der Waals surface area contributed by atoms with Crippen molar-refractivity contribution in [1.82, 2.24) is 15.1 Å². The summed E-state index contributed by atoms with van der Waals surface area (Å²) < 4.78 is 4.64. The third kappa shape index (κ3) is 7.08. The number of urea groups is 1. The topological polar surface area (TPSA) is 84.4 Å². The van der Waals surface area contributed by atoms with Gasteiger partial charge in [-0.15, -0.1) is 10.2 Å². The number of hydrogen-bond donors (Lipinski definition) is 1. The smallest absolute Gasteiger partial charge is 0.323 e. The van der Waals surface area contributed by atoms with Crippen molar-refractivity contribution in [2.24, 2.45) is 11.8 Å². The molecule has 0 spiro atoms. The van der Waals surface area contributed by atoms with Crippen LogP contribution in [-0.4, -0.2) is 46.8 Å². The van der Waals surface area contributed by atoms with Gasteiger partial charge in [-0.1, -0.05) is 32.1 Å². The van der Waals surface area contributed by atoms with Crippen LogP contribution in [0.25, 0.3) is 0 Å². The quantitative estimate of drug-likeness (QED) is 0.669. The minimum absolute atomic E-state index is 0.0918. The summed E-state index contributed by atoms with van der Waals surface area (Å²) in [6.45, 7) is 7.40. The van der Waals surface area contributed by atoms with Crippen molar-refractivity contribution in [2.45, 2.75) is 71.8 Å². The number of anilines is 1. The molecule has 1 saturated carbocycles. The second-order valence-electron chi connectivity index (χ2n) is 7.80. The summed E-state index contributed by atoms with van der Waals surface area (Å²) in [6.07, 6.45) is 6.19. The van der Waals surface area contributed by atoms with Crippen LogP contribution in [0.5, 0.6) is 0 Å². The molecule has 0 saturated heterocycles. The lowest BCUT2D eigenvalue weighted by Gasteiger charge is -2.36. The minimum atomic E-state index is -0.276. The average molecular weight is 397 g/mol. The maximum absolute atomic E-state index is 12.9. The molecule has 152 valence electrons. The maximum Gasteiger partial charge on any atom is 0.323 e. The van der Waals surface area contributed by atoms with E-state index in [1.807, 2.05) is 4.90 Å². The van der Waals surface area contributed by atoms with Gasteiger partial charge in [0.1, 0.15) is 5.01 Å². The molecule has 1 heterocycles. The van der Waals surface area contributed by atoms with Crippen molar-refractivity contribution in [3.8, 4) is 0 Å². The Labute approximate surface area is 165 Å². The first-order chi connectivity index (χ1) is 12.9. The van der Waals surface area contributed by atoms with Crippen LogP contribution in [0.2, 0.25) is 0 Å². The van der Waals surface area contributed by atoms with Crippen molar-refractivity contribution in [2.75, 3.05) is 19.0 Å². The number of amides is 2. The summed E-state index contributed by atoms with van der Waals surface area (Å²) in [5.74, 6) is 1.02. The summed E-state index contributed by atoms with van der Waals surface area (Å²) >= 11 is 1.31. The van der Waals surface area contributed by atoms with Gasteiger partial charge < -0.3 is 9.64 Å². The number of ether oxygens (including phenoxy) is 1. The van der Waals surface area contributed by atoms with E-state index in [4.69, 9.17) is 0 Å². The van der Waals surface area contributed by atoms with Crippen LogP contribution in [0.1, 0.15) is 64.3 Å². The first-order valence-electron chi connectivity index (χ1n) is 9.85. The van der Waals surface area contributed by atoms with Gasteiger partial charge >= 0.3 is 12.0 Å². The molecule has 1 aliphatic carbocycles. The highest BCUT2D eigenvalue weighted by Gasteiger charge is 2.28. The van der Waals surface area contributed by atoms with Gasteiger partial charge in [0.25, 0.3) is 0 Å². The molecule has 0 radical (unpaired) electrons. The Bertz CT molecular complexity index is 612. The zero-order chi connectivity index (χ0) is 19.8. The molecule has 27 heavy (non-hydrogen) atoms. The molecule has 0 aromatic carbocycles. The predicted octanol–water partition coefficient (Wildman–Crippen LogP) is 4.10. The van der Waals surface area contributed by atoms with E-state index < -0.39 is 0 Å². The Kier molecular flexibility index (Phi) is 8.47. The highest BCUT2D eigenvalue weighted by atomic mass is 32.1. The average Bonchev–Trinajstić information content (AvgIpc) is 3.08. The highest BCUT2D eigenvalue weighted by molar-refractivity contribution is 7.15. The number of carbonyl (C=O) groups is 2. The van der Waals surface area contributed by atoms with Crippen LogP contribution >= 0.6 is 11.3 Å². The van der Waals surface area contributed by atoms with Crippen molar-refractivity contribution in [3.05, 3.63) is 5.01 Å². The molecule has 0 atom stereocenters. The van der Waals surface area contributed by atoms with Crippen LogP contribution < -0.4 is 5.32 Å². The predicted molar refractivity (Wildman–Crippen MR) is 107 cm³/mol. The van der Waals surface area contributed by atoms with Gasteiger partial charge in [0, 0.05) is 19.0 Å². The Morgan fingerprint density at radius 2 is 1.96 bits per heavy atom. The van der Waals surface area contributed by atoms with E-state index in [0.29, 0.717) is 23.5 Å². The summed E-state index contributed by atoms with van der Waals surface area (Å²) in [5.41, 5.74) is 0. The maximum atomic E-state index is 12.9. The summed E-state index contributed by atoms with van der Waals surface area (Å²) in [6, 6.07) is 0.206. The Hall–Kier alpha value is -1.70. The summed E-state index contributed by atoms with van der Waals surface area (Å²) in [5, 5.41) is 12.2.